The van der Waals surface area contributed by atoms with Crippen LogP contribution in [0, 0.1) is 5.92 Å². The molecule has 0 fully saturated rings. The van der Waals surface area contributed by atoms with Gasteiger partial charge in [0.05, 0.1) is 0 Å². The molecule has 0 saturated carbocycles. The number of halogens is 2. The van der Waals surface area contributed by atoms with Gasteiger partial charge in [-0.05, 0) is 55.8 Å². The molecular formula is C16H25Cl2N. The van der Waals surface area contributed by atoms with Gasteiger partial charge < -0.3 is 5.32 Å². The summed E-state index contributed by atoms with van der Waals surface area (Å²) in [5.41, 5.74) is 1.07. The Hall–Kier alpha value is -0.240. The van der Waals surface area contributed by atoms with Gasteiger partial charge in [0, 0.05) is 16.1 Å². The highest BCUT2D eigenvalue weighted by Crippen LogP contribution is 2.26. The summed E-state index contributed by atoms with van der Waals surface area (Å²) in [5.74, 6) is 0.729. The van der Waals surface area contributed by atoms with Gasteiger partial charge in [-0.3, -0.25) is 0 Å². The van der Waals surface area contributed by atoms with Crippen LogP contribution < -0.4 is 5.32 Å². The van der Waals surface area contributed by atoms with Crippen molar-refractivity contribution in [2.24, 2.45) is 5.92 Å². The molecule has 19 heavy (non-hydrogen) atoms. The summed E-state index contributed by atoms with van der Waals surface area (Å²) in [6, 6.07) is 6.20. The highest BCUT2D eigenvalue weighted by molar-refractivity contribution is 6.35. The fourth-order valence-electron chi connectivity index (χ4n) is 2.13. The molecular weight excluding hydrogens is 277 g/mol. The van der Waals surface area contributed by atoms with Crippen LogP contribution in [0.3, 0.4) is 0 Å². The lowest BCUT2D eigenvalue weighted by molar-refractivity contribution is 0.427. The van der Waals surface area contributed by atoms with E-state index in [-0.39, 0.29) is 0 Å². The van der Waals surface area contributed by atoms with Gasteiger partial charge in [0.25, 0.3) is 0 Å². The van der Waals surface area contributed by atoms with Crippen LogP contribution in [0.25, 0.3) is 0 Å². The first-order valence-corrected chi connectivity index (χ1v) is 7.96. The maximum absolute atomic E-state index is 6.26. The topological polar surface area (TPSA) is 12.0 Å². The van der Waals surface area contributed by atoms with Crippen LogP contribution in [-0.4, -0.2) is 12.6 Å². The van der Waals surface area contributed by atoms with Crippen LogP contribution in [0.1, 0.15) is 45.6 Å². The van der Waals surface area contributed by atoms with Crippen LogP contribution in [0.5, 0.6) is 0 Å². The highest BCUT2D eigenvalue weighted by atomic mass is 35.5. The standard InChI is InChI=1S/C16H25Cl2N/c1-4-10-19-13(9-8-12(2)3)11-14-15(17)6-5-7-16(14)18/h5-7,12-13,19H,4,8-11H2,1-3H3. The lowest BCUT2D eigenvalue weighted by Crippen LogP contribution is -2.32. The van der Waals surface area contributed by atoms with Crippen molar-refractivity contribution in [2.75, 3.05) is 6.54 Å². The molecule has 1 aromatic rings. The van der Waals surface area contributed by atoms with Gasteiger partial charge in [-0.2, -0.15) is 0 Å². The molecule has 108 valence electrons. The maximum Gasteiger partial charge on any atom is 0.0453 e. The van der Waals surface area contributed by atoms with E-state index in [0.29, 0.717) is 6.04 Å². The Morgan fingerprint density at radius 2 is 1.74 bits per heavy atom. The van der Waals surface area contributed by atoms with Gasteiger partial charge in [-0.25, -0.2) is 0 Å². The van der Waals surface area contributed by atoms with Crippen molar-refractivity contribution in [3.05, 3.63) is 33.8 Å². The summed E-state index contributed by atoms with van der Waals surface area (Å²) < 4.78 is 0. The van der Waals surface area contributed by atoms with Gasteiger partial charge in [0.15, 0.2) is 0 Å². The molecule has 1 atom stereocenters. The predicted molar refractivity (Wildman–Crippen MR) is 86.3 cm³/mol. The monoisotopic (exact) mass is 301 g/mol. The molecule has 0 aliphatic rings. The Balaban J connectivity index is 2.69. The molecule has 0 aromatic heterocycles. The second-order valence-electron chi connectivity index (χ2n) is 5.53. The van der Waals surface area contributed by atoms with Crippen LogP contribution in [0.4, 0.5) is 0 Å². The van der Waals surface area contributed by atoms with Gasteiger partial charge in [-0.1, -0.05) is 50.0 Å². The van der Waals surface area contributed by atoms with E-state index < -0.39 is 0 Å². The van der Waals surface area contributed by atoms with E-state index >= 15 is 0 Å². The molecule has 0 radical (unpaired) electrons. The normalized spacial score (nSPS) is 12.9. The number of benzene rings is 1. The molecule has 0 aliphatic heterocycles. The van der Waals surface area contributed by atoms with Gasteiger partial charge in [-0.15, -0.1) is 0 Å². The van der Waals surface area contributed by atoms with Crippen LogP contribution in [0.2, 0.25) is 10.0 Å². The predicted octanol–water partition coefficient (Wildman–Crippen LogP) is 5.34. The Morgan fingerprint density at radius 1 is 1.11 bits per heavy atom. The van der Waals surface area contributed by atoms with E-state index in [1.807, 2.05) is 18.2 Å². The lowest BCUT2D eigenvalue weighted by atomic mass is 9.97. The summed E-state index contributed by atoms with van der Waals surface area (Å²) in [6.07, 6.45) is 4.45. The average molecular weight is 302 g/mol. The number of hydrogen-bond acceptors (Lipinski definition) is 1. The minimum Gasteiger partial charge on any atom is -0.314 e. The fraction of sp³-hybridized carbons (Fsp3) is 0.625. The maximum atomic E-state index is 6.26. The van der Waals surface area contributed by atoms with Crippen molar-refractivity contribution < 1.29 is 0 Å². The summed E-state index contributed by atoms with van der Waals surface area (Å²) in [7, 11) is 0. The first-order valence-electron chi connectivity index (χ1n) is 7.20. The smallest absolute Gasteiger partial charge is 0.0453 e. The second-order valence-corrected chi connectivity index (χ2v) is 6.34. The third-order valence-electron chi connectivity index (χ3n) is 3.29. The molecule has 0 amide bonds. The second kappa shape index (κ2) is 8.84. The van der Waals surface area contributed by atoms with Crippen LogP contribution in [0.15, 0.2) is 18.2 Å². The van der Waals surface area contributed by atoms with Gasteiger partial charge in [0.2, 0.25) is 0 Å². The average Bonchev–Trinajstić information content (AvgIpc) is 2.36. The quantitative estimate of drug-likeness (QED) is 0.683. The van der Waals surface area contributed by atoms with E-state index in [1.165, 1.54) is 12.8 Å². The fourth-order valence-corrected chi connectivity index (χ4v) is 2.68. The zero-order valence-electron chi connectivity index (χ0n) is 12.2. The molecule has 1 N–H and O–H groups in total. The zero-order chi connectivity index (χ0) is 14.3. The van der Waals surface area contributed by atoms with Crippen LogP contribution in [-0.2, 0) is 6.42 Å². The first-order chi connectivity index (χ1) is 9.04. The van der Waals surface area contributed by atoms with E-state index in [4.69, 9.17) is 23.2 Å². The largest absolute Gasteiger partial charge is 0.314 e. The number of hydrogen-bond donors (Lipinski definition) is 1. The number of rotatable bonds is 8. The first kappa shape index (κ1) is 16.8. The van der Waals surface area contributed by atoms with E-state index in [9.17, 15) is 0 Å². The Kier molecular flexibility index (Phi) is 7.82. The summed E-state index contributed by atoms with van der Waals surface area (Å²) in [5, 5.41) is 5.17. The summed E-state index contributed by atoms with van der Waals surface area (Å²) in [4.78, 5) is 0. The van der Waals surface area contributed by atoms with Crippen molar-refractivity contribution in [1.29, 1.82) is 0 Å². The molecule has 3 heteroatoms. The summed E-state index contributed by atoms with van der Waals surface area (Å²) >= 11 is 12.5. The molecule has 1 nitrogen and oxygen atoms in total. The molecule has 1 rings (SSSR count). The van der Waals surface area contributed by atoms with E-state index in [2.05, 4.69) is 26.1 Å². The third kappa shape index (κ3) is 6.16. The zero-order valence-corrected chi connectivity index (χ0v) is 13.7. The lowest BCUT2D eigenvalue weighted by Gasteiger charge is -2.21. The molecule has 1 aromatic carbocycles. The third-order valence-corrected chi connectivity index (χ3v) is 4.00. The van der Waals surface area contributed by atoms with Crippen molar-refractivity contribution in [3.8, 4) is 0 Å². The van der Waals surface area contributed by atoms with Crippen molar-refractivity contribution >= 4 is 23.2 Å². The van der Waals surface area contributed by atoms with Crippen molar-refractivity contribution in [3.63, 3.8) is 0 Å². The Labute approximate surface area is 127 Å². The minimum atomic E-state index is 0.458. The molecule has 0 spiro atoms. The molecule has 0 saturated heterocycles. The Morgan fingerprint density at radius 3 is 2.26 bits per heavy atom. The Bertz CT molecular complexity index is 357. The van der Waals surface area contributed by atoms with Gasteiger partial charge >= 0.3 is 0 Å². The summed E-state index contributed by atoms with van der Waals surface area (Å²) in [6.45, 7) is 7.76. The van der Waals surface area contributed by atoms with Crippen LogP contribution >= 0.6 is 23.2 Å². The molecule has 0 aliphatic carbocycles. The van der Waals surface area contributed by atoms with Crippen molar-refractivity contribution in [2.45, 2.75) is 52.5 Å². The molecule has 1 unspecified atom stereocenters. The van der Waals surface area contributed by atoms with Crippen molar-refractivity contribution in [1.82, 2.24) is 5.32 Å². The SMILES string of the molecule is CCCNC(CCC(C)C)Cc1c(Cl)cccc1Cl. The van der Waals surface area contributed by atoms with E-state index in [1.54, 1.807) is 0 Å². The molecule has 0 bridgehead atoms. The van der Waals surface area contributed by atoms with Gasteiger partial charge in [0.1, 0.15) is 0 Å². The minimum absolute atomic E-state index is 0.458. The highest BCUT2D eigenvalue weighted by Gasteiger charge is 2.14. The van der Waals surface area contributed by atoms with E-state index in [0.717, 1.165) is 40.9 Å². The number of nitrogens with one attached hydrogen (secondary N) is 1. The molecule has 0 heterocycles.